The van der Waals surface area contributed by atoms with Crippen LogP contribution < -0.4 is 16.0 Å². The predicted octanol–water partition coefficient (Wildman–Crippen LogP) is 2.84. The molecule has 0 bridgehead atoms. The first-order valence-corrected chi connectivity index (χ1v) is 11.7. The molecule has 7 atom stereocenters. The van der Waals surface area contributed by atoms with Crippen LogP contribution in [0.25, 0.3) is 0 Å². The Balaban J connectivity index is 1.66. The van der Waals surface area contributed by atoms with Gasteiger partial charge in [-0.15, -0.1) is 0 Å². The zero-order valence-electron chi connectivity index (χ0n) is 19.2. The molecule has 1 aromatic rings. The molecule has 3 amide bonds. The molecule has 7 nitrogen and oxygen atoms in total. The Labute approximate surface area is 185 Å². The van der Waals surface area contributed by atoms with Crippen LogP contribution in [0.3, 0.4) is 0 Å². The van der Waals surface area contributed by atoms with Crippen LogP contribution in [-0.2, 0) is 11.3 Å². The molecule has 0 saturated heterocycles. The lowest BCUT2D eigenvalue weighted by molar-refractivity contribution is -0.142. The number of amides is 3. The molecular weight excluding hydrogens is 392 g/mol. The van der Waals surface area contributed by atoms with Gasteiger partial charge in [-0.3, -0.25) is 9.78 Å². The summed E-state index contributed by atoms with van der Waals surface area (Å²) in [6.45, 7) is 9.26. The maximum Gasteiger partial charge on any atom is 0.315 e. The van der Waals surface area contributed by atoms with E-state index in [0.29, 0.717) is 13.1 Å². The Kier molecular flexibility index (Phi) is 7.57. The van der Waals surface area contributed by atoms with Crippen molar-refractivity contribution in [3.05, 3.63) is 30.1 Å². The van der Waals surface area contributed by atoms with Crippen molar-refractivity contribution < 1.29 is 14.7 Å². The summed E-state index contributed by atoms with van der Waals surface area (Å²) in [5.74, 6) is -0.194. The number of nitrogens with one attached hydrogen (secondary N) is 3. The minimum Gasteiger partial charge on any atom is -0.392 e. The van der Waals surface area contributed by atoms with Crippen molar-refractivity contribution in [2.45, 2.75) is 72.1 Å². The number of pyridine rings is 1. The normalized spacial score (nSPS) is 33.6. The summed E-state index contributed by atoms with van der Waals surface area (Å²) in [6.07, 6.45) is 6.63. The molecule has 31 heavy (non-hydrogen) atoms. The molecule has 4 N–H and O–H groups in total. The number of carbonyl (C=O) groups is 2. The molecule has 1 heterocycles. The molecule has 0 aliphatic heterocycles. The maximum absolute atomic E-state index is 12.9. The van der Waals surface area contributed by atoms with Gasteiger partial charge in [-0.05, 0) is 67.4 Å². The van der Waals surface area contributed by atoms with E-state index in [2.05, 4.69) is 34.8 Å². The molecule has 0 spiro atoms. The Bertz CT molecular complexity index is 758. The van der Waals surface area contributed by atoms with Gasteiger partial charge in [0.15, 0.2) is 0 Å². The van der Waals surface area contributed by atoms with Gasteiger partial charge in [-0.2, -0.15) is 0 Å². The summed E-state index contributed by atoms with van der Waals surface area (Å²) in [7, 11) is 0. The van der Waals surface area contributed by atoms with Gasteiger partial charge in [-0.25, -0.2) is 4.79 Å². The molecule has 1 aromatic heterocycles. The molecular formula is C24H38N4O3. The third-order valence-corrected chi connectivity index (χ3v) is 7.79. The topological polar surface area (TPSA) is 103 Å². The van der Waals surface area contributed by atoms with Gasteiger partial charge in [0, 0.05) is 37.4 Å². The molecule has 2 fully saturated rings. The van der Waals surface area contributed by atoms with Crippen LogP contribution in [0.1, 0.15) is 58.9 Å². The van der Waals surface area contributed by atoms with E-state index < -0.39 is 6.10 Å². The van der Waals surface area contributed by atoms with E-state index in [1.54, 1.807) is 12.4 Å². The van der Waals surface area contributed by atoms with E-state index in [1.807, 2.05) is 26.0 Å². The first kappa shape index (κ1) is 23.5. The zero-order chi connectivity index (χ0) is 22.6. The van der Waals surface area contributed by atoms with Gasteiger partial charge in [0.2, 0.25) is 5.91 Å². The third-order valence-electron chi connectivity index (χ3n) is 7.79. The molecule has 2 aliphatic carbocycles. The number of aliphatic hydroxyl groups is 1. The van der Waals surface area contributed by atoms with E-state index in [4.69, 9.17) is 0 Å². The first-order chi connectivity index (χ1) is 14.8. The molecule has 7 heteroatoms. The molecule has 3 rings (SSSR count). The summed E-state index contributed by atoms with van der Waals surface area (Å²) in [6, 6.07) is 3.68. The van der Waals surface area contributed by atoms with E-state index in [0.717, 1.165) is 31.2 Å². The lowest BCUT2D eigenvalue weighted by atomic mass is 9.52. The van der Waals surface area contributed by atoms with Crippen molar-refractivity contribution in [1.29, 1.82) is 0 Å². The number of nitrogens with zero attached hydrogens (tertiary/aromatic N) is 1. The minimum atomic E-state index is -0.563. The second-order valence-corrected chi connectivity index (χ2v) is 9.75. The zero-order valence-corrected chi connectivity index (χ0v) is 19.2. The monoisotopic (exact) mass is 430 g/mol. The Morgan fingerprint density at radius 1 is 1.29 bits per heavy atom. The lowest BCUT2D eigenvalue weighted by Crippen LogP contribution is -2.59. The number of hydrogen-bond acceptors (Lipinski definition) is 4. The van der Waals surface area contributed by atoms with Crippen LogP contribution in [0.5, 0.6) is 0 Å². The van der Waals surface area contributed by atoms with E-state index in [9.17, 15) is 14.7 Å². The summed E-state index contributed by atoms with van der Waals surface area (Å²) in [4.78, 5) is 29.0. The molecule has 2 saturated carbocycles. The summed E-state index contributed by atoms with van der Waals surface area (Å²) >= 11 is 0. The highest BCUT2D eigenvalue weighted by atomic mass is 16.3. The third kappa shape index (κ3) is 5.20. The number of aliphatic hydroxyl groups excluding tert-OH is 1. The minimum absolute atomic E-state index is 0.0306. The van der Waals surface area contributed by atoms with Gasteiger partial charge in [-0.1, -0.05) is 26.8 Å². The fourth-order valence-corrected chi connectivity index (χ4v) is 5.92. The van der Waals surface area contributed by atoms with Gasteiger partial charge in [0.1, 0.15) is 0 Å². The van der Waals surface area contributed by atoms with Gasteiger partial charge in [0.25, 0.3) is 0 Å². The van der Waals surface area contributed by atoms with Crippen molar-refractivity contribution >= 4 is 11.9 Å². The Hall–Kier alpha value is -2.15. The van der Waals surface area contributed by atoms with Crippen molar-refractivity contribution in [1.82, 2.24) is 20.9 Å². The molecule has 0 unspecified atom stereocenters. The van der Waals surface area contributed by atoms with Crippen LogP contribution in [-0.4, -0.2) is 40.7 Å². The number of fused-ring (bicyclic) bond motifs is 1. The lowest BCUT2D eigenvalue weighted by Gasteiger charge is -2.56. The maximum atomic E-state index is 12.9. The molecule has 0 aromatic carbocycles. The highest BCUT2D eigenvalue weighted by Crippen LogP contribution is 2.55. The average molecular weight is 431 g/mol. The second-order valence-electron chi connectivity index (χ2n) is 9.75. The Morgan fingerprint density at radius 3 is 2.71 bits per heavy atom. The van der Waals surface area contributed by atoms with Crippen LogP contribution in [0.4, 0.5) is 4.79 Å². The highest BCUT2D eigenvalue weighted by Gasteiger charge is 2.53. The summed E-state index contributed by atoms with van der Waals surface area (Å²) < 4.78 is 0. The first-order valence-electron chi connectivity index (χ1n) is 11.7. The second kappa shape index (κ2) is 9.98. The van der Waals surface area contributed by atoms with Crippen LogP contribution in [0, 0.1) is 29.1 Å². The molecule has 172 valence electrons. The number of hydrogen-bond donors (Lipinski definition) is 4. The predicted molar refractivity (Wildman–Crippen MR) is 120 cm³/mol. The van der Waals surface area contributed by atoms with E-state index >= 15 is 0 Å². The van der Waals surface area contributed by atoms with E-state index in [-0.39, 0.29) is 47.1 Å². The fraction of sp³-hybridized carbons (Fsp3) is 0.708. The van der Waals surface area contributed by atoms with Crippen LogP contribution >= 0.6 is 0 Å². The van der Waals surface area contributed by atoms with Crippen molar-refractivity contribution in [2.75, 3.05) is 6.54 Å². The summed E-state index contributed by atoms with van der Waals surface area (Å²) in [5, 5.41) is 20.3. The van der Waals surface area contributed by atoms with Gasteiger partial charge >= 0.3 is 6.03 Å². The van der Waals surface area contributed by atoms with Crippen LogP contribution in [0.2, 0.25) is 0 Å². The Morgan fingerprint density at radius 2 is 2.03 bits per heavy atom. The van der Waals surface area contributed by atoms with Crippen molar-refractivity contribution in [3.8, 4) is 0 Å². The molecule has 0 radical (unpaired) electrons. The number of carbonyl (C=O) groups excluding carboxylic acids is 2. The highest BCUT2D eigenvalue weighted by molar-refractivity contribution is 5.78. The fourth-order valence-electron chi connectivity index (χ4n) is 5.92. The van der Waals surface area contributed by atoms with E-state index in [1.165, 1.54) is 0 Å². The number of aromatic nitrogens is 1. The summed E-state index contributed by atoms with van der Waals surface area (Å²) in [5.41, 5.74) is 1.00. The SMILES string of the molecule is CCNC(=O)N[C@@H]1CC[C@@]2(C)CC[C@H]([C@H](C)C(=O)NCc3cccnc3)[C@H](O)[C@H]2[C@@H]1C. The number of urea groups is 1. The largest absolute Gasteiger partial charge is 0.392 e. The standard InChI is InChI=1S/C24H38N4O3/c1-5-26-23(31)28-19-9-11-24(4)10-8-18(21(29)20(24)16(19)3)15(2)22(30)27-14-17-7-6-12-25-13-17/h6-7,12-13,15-16,18-21,29H,5,8-11,14H2,1-4H3,(H,27,30)(H2,26,28,31)/t15-,16+,18+,19+,20+,21-,24+/m0/s1. The van der Waals surface area contributed by atoms with Crippen molar-refractivity contribution in [2.24, 2.45) is 29.1 Å². The van der Waals surface area contributed by atoms with Crippen molar-refractivity contribution in [3.63, 3.8) is 0 Å². The quantitative estimate of drug-likeness (QED) is 0.557. The molecule has 2 aliphatic rings. The smallest absolute Gasteiger partial charge is 0.315 e. The van der Waals surface area contributed by atoms with Crippen LogP contribution in [0.15, 0.2) is 24.5 Å². The number of rotatable bonds is 6. The van der Waals surface area contributed by atoms with Gasteiger partial charge in [0.05, 0.1) is 6.10 Å². The van der Waals surface area contributed by atoms with Gasteiger partial charge < -0.3 is 21.1 Å². The average Bonchev–Trinajstić information content (AvgIpc) is 2.75.